The maximum absolute atomic E-state index is 4.12. The van der Waals surface area contributed by atoms with E-state index in [1.807, 2.05) is 18.5 Å². The summed E-state index contributed by atoms with van der Waals surface area (Å²) in [5, 5.41) is 0. The molecule has 1 aliphatic heterocycles. The van der Waals surface area contributed by atoms with E-state index in [0.29, 0.717) is 0 Å². The zero-order valence-electron chi connectivity index (χ0n) is 8.65. The SMILES string of the molecule is c1cncc(CCCN2CCCC2)c1. The van der Waals surface area contributed by atoms with Gasteiger partial charge < -0.3 is 4.90 Å². The number of aryl methyl sites for hydroxylation is 1. The first-order valence-corrected chi connectivity index (χ1v) is 5.56. The highest BCUT2D eigenvalue weighted by molar-refractivity contribution is 5.08. The molecule has 1 saturated heterocycles. The predicted octanol–water partition coefficient (Wildman–Crippen LogP) is 2.11. The number of aromatic nitrogens is 1. The summed E-state index contributed by atoms with van der Waals surface area (Å²) in [7, 11) is 0. The minimum Gasteiger partial charge on any atom is -0.303 e. The fourth-order valence-corrected chi connectivity index (χ4v) is 2.06. The molecule has 0 amide bonds. The average Bonchev–Trinajstić information content (AvgIpc) is 2.72. The normalized spacial score (nSPS) is 17.4. The minimum absolute atomic E-state index is 1.17. The first-order valence-electron chi connectivity index (χ1n) is 5.56. The van der Waals surface area contributed by atoms with Crippen molar-refractivity contribution in [1.82, 2.24) is 9.88 Å². The third-order valence-electron chi connectivity index (χ3n) is 2.86. The van der Waals surface area contributed by atoms with Crippen molar-refractivity contribution in [3.05, 3.63) is 30.1 Å². The van der Waals surface area contributed by atoms with Gasteiger partial charge in [0.2, 0.25) is 0 Å². The van der Waals surface area contributed by atoms with Gasteiger partial charge in [0.05, 0.1) is 0 Å². The van der Waals surface area contributed by atoms with Gasteiger partial charge in [-0.2, -0.15) is 0 Å². The van der Waals surface area contributed by atoms with Gasteiger partial charge in [-0.3, -0.25) is 4.98 Å². The van der Waals surface area contributed by atoms with E-state index in [1.165, 1.54) is 50.9 Å². The van der Waals surface area contributed by atoms with Crippen LogP contribution in [0.15, 0.2) is 24.5 Å². The van der Waals surface area contributed by atoms with Crippen LogP contribution in [0, 0.1) is 0 Å². The van der Waals surface area contributed by atoms with E-state index in [-0.39, 0.29) is 0 Å². The Balaban J connectivity index is 1.67. The molecular weight excluding hydrogens is 172 g/mol. The van der Waals surface area contributed by atoms with Crippen LogP contribution in [0.25, 0.3) is 0 Å². The van der Waals surface area contributed by atoms with Gasteiger partial charge in [-0.1, -0.05) is 6.07 Å². The largest absolute Gasteiger partial charge is 0.303 e. The topological polar surface area (TPSA) is 16.1 Å². The van der Waals surface area contributed by atoms with Crippen LogP contribution >= 0.6 is 0 Å². The van der Waals surface area contributed by atoms with Crippen molar-refractivity contribution >= 4 is 0 Å². The highest BCUT2D eigenvalue weighted by atomic mass is 15.1. The van der Waals surface area contributed by atoms with Crippen molar-refractivity contribution in [2.45, 2.75) is 25.7 Å². The van der Waals surface area contributed by atoms with Gasteiger partial charge >= 0.3 is 0 Å². The van der Waals surface area contributed by atoms with E-state index >= 15 is 0 Å². The van der Waals surface area contributed by atoms with Crippen molar-refractivity contribution in [1.29, 1.82) is 0 Å². The summed E-state index contributed by atoms with van der Waals surface area (Å²) < 4.78 is 0. The second-order valence-corrected chi connectivity index (χ2v) is 4.01. The number of likely N-dealkylation sites (tertiary alicyclic amines) is 1. The lowest BCUT2D eigenvalue weighted by Crippen LogP contribution is -2.20. The van der Waals surface area contributed by atoms with Crippen LogP contribution in [0.1, 0.15) is 24.8 Å². The van der Waals surface area contributed by atoms with Crippen molar-refractivity contribution in [3.63, 3.8) is 0 Å². The Hall–Kier alpha value is -0.890. The molecule has 0 radical (unpaired) electrons. The molecule has 76 valence electrons. The van der Waals surface area contributed by atoms with E-state index in [1.54, 1.807) is 0 Å². The fourth-order valence-electron chi connectivity index (χ4n) is 2.06. The Morgan fingerprint density at radius 2 is 2.14 bits per heavy atom. The first-order chi connectivity index (χ1) is 6.95. The average molecular weight is 190 g/mol. The van der Waals surface area contributed by atoms with Gasteiger partial charge in [0.15, 0.2) is 0 Å². The van der Waals surface area contributed by atoms with E-state index in [0.717, 1.165) is 0 Å². The van der Waals surface area contributed by atoms with Gasteiger partial charge in [0.1, 0.15) is 0 Å². The van der Waals surface area contributed by atoms with Crippen LogP contribution in [-0.2, 0) is 6.42 Å². The molecular formula is C12H18N2. The summed E-state index contributed by atoms with van der Waals surface area (Å²) in [5.74, 6) is 0. The smallest absolute Gasteiger partial charge is 0.0299 e. The molecule has 0 aliphatic carbocycles. The number of nitrogens with zero attached hydrogens (tertiary/aromatic N) is 2. The quantitative estimate of drug-likeness (QED) is 0.723. The molecule has 0 spiro atoms. The Kier molecular flexibility index (Phi) is 3.52. The third-order valence-corrected chi connectivity index (χ3v) is 2.86. The molecule has 0 aromatic carbocycles. The summed E-state index contributed by atoms with van der Waals surface area (Å²) >= 11 is 0. The summed E-state index contributed by atoms with van der Waals surface area (Å²) in [6.07, 6.45) is 9.05. The van der Waals surface area contributed by atoms with E-state index < -0.39 is 0 Å². The summed E-state index contributed by atoms with van der Waals surface area (Å²) in [6.45, 7) is 3.88. The number of pyridine rings is 1. The van der Waals surface area contributed by atoms with Crippen LogP contribution < -0.4 is 0 Å². The van der Waals surface area contributed by atoms with Crippen LogP contribution in [0.4, 0.5) is 0 Å². The maximum atomic E-state index is 4.12. The monoisotopic (exact) mass is 190 g/mol. The van der Waals surface area contributed by atoms with Crippen LogP contribution in [0.5, 0.6) is 0 Å². The molecule has 0 unspecified atom stereocenters. The summed E-state index contributed by atoms with van der Waals surface area (Å²) in [6, 6.07) is 4.18. The van der Waals surface area contributed by atoms with Gasteiger partial charge in [-0.25, -0.2) is 0 Å². The molecule has 2 heteroatoms. The molecule has 14 heavy (non-hydrogen) atoms. The maximum Gasteiger partial charge on any atom is 0.0299 e. The van der Waals surface area contributed by atoms with E-state index in [4.69, 9.17) is 0 Å². The van der Waals surface area contributed by atoms with E-state index in [2.05, 4.69) is 16.0 Å². The fraction of sp³-hybridized carbons (Fsp3) is 0.583. The molecule has 1 aliphatic rings. The molecule has 0 bridgehead atoms. The van der Waals surface area contributed by atoms with Crippen molar-refractivity contribution in [2.24, 2.45) is 0 Å². The molecule has 1 fully saturated rings. The summed E-state index contributed by atoms with van der Waals surface area (Å²) in [5.41, 5.74) is 1.37. The molecule has 1 aromatic heterocycles. The van der Waals surface area contributed by atoms with Crippen molar-refractivity contribution in [2.75, 3.05) is 19.6 Å². The number of hydrogen-bond donors (Lipinski definition) is 0. The third kappa shape index (κ3) is 2.81. The second-order valence-electron chi connectivity index (χ2n) is 4.01. The zero-order chi connectivity index (χ0) is 9.64. The number of rotatable bonds is 4. The molecule has 2 rings (SSSR count). The second kappa shape index (κ2) is 5.11. The minimum atomic E-state index is 1.17. The van der Waals surface area contributed by atoms with Gasteiger partial charge in [-0.05, 0) is 56.9 Å². The molecule has 0 atom stereocenters. The summed E-state index contributed by atoms with van der Waals surface area (Å²) in [4.78, 5) is 6.69. The van der Waals surface area contributed by atoms with Gasteiger partial charge in [0.25, 0.3) is 0 Å². The molecule has 2 nitrogen and oxygen atoms in total. The lowest BCUT2D eigenvalue weighted by Gasteiger charge is -2.13. The van der Waals surface area contributed by atoms with Crippen LogP contribution in [-0.4, -0.2) is 29.5 Å². The highest BCUT2D eigenvalue weighted by Crippen LogP contribution is 2.09. The number of hydrogen-bond acceptors (Lipinski definition) is 2. The van der Waals surface area contributed by atoms with Crippen molar-refractivity contribution < 1.29 is 0 Å². The Morgan fingerprint density at radius 1 is 1.29 bits per heavy atom. The molecule has 0 N–H and O–H groups in total. The predicted molar refractivity (Wildman–Crippen MR) is 58.2 cm³/mol. The molecule has 0 saturated carbocycles. The Morgan fingerprint density at radius 3 is 2.86 bits per heavy atom. The standard InChI is InChI=1S/C12H18N2/c1-2-9-14(8-1)10-4-6-12-5-3-7-13-11-12/h3,5,7,11H,1-2,4,6,8-10H2. The first kappa shape index (κ1) is 9.66. The lowest BCUT2D eigenvalue weighted by atomic mass is 10.1. The van der Waals surface area contributed by atoms with E-state index in [9.17, 15) is 0 Å². The lowest BCUT2D eigenvalue weighted by molar-refractivity contribution is 0.334. The molecule has 2 heterocycles. The zero-order valence-corrected chi connectivity index (χ0v) is 8.65. The van der Waals surface area contributed by atoms with Crippen LogP contribution in [0.3, 0.4) is 0 Å². The van der Waals surface area contributed by atoms with Gasteiger partial charge in [0, 0.05) is 12.4 Å². The Labute approximate surface area is 86.0 Å². The highest BCUT2D eigenvalue weighted by Gasteiger charge is 2.09. The Bertz CT molecular complexity index is 252. The van der Waals surface area contributed by atoms with Crippen LogP contribution in [0.2, 0.25) is 0 Å². The molecule has 1 aromatic rings. The van der Waals surface area contributed by atoms with Gasteiger partial charge in [-0.15, -0.1) is 0 Å². The van der Waals surface area contributed by atoms with Crippen molar-refractivity contribution in [3.8, 4) is 0 Å².